The number of benzene rings is 2. The fraction of sp³-hybridized carbons (Fsp3) is 0.263. The maximum atomic E-state index is 12.7. The molecule has 0 aliphatic rings. The van der Waals surface area contributed by atoms with Gasteiger partial charge in [0.25, 0.3) is 5.91 Å². The van der Waals surface area contributed by atoms with Crippen molar-refractivity contribution in [2.75, 3.05) is 7.11 Å². The second-order valence-electron chi connectivity index (χ2n) is 5.61. The van der Waals surface area contributed by atoms with Crippen molar-refractivity contribution in [1.82, 2.24) is 5.32 Å². The first-order valence-electron chi connectivity index (χ1n) is 7.61. The molecule has 126 valence electrons. The molecular weight excluding hydrogens is 370 g/mol. The molecule has 2 aromatic rings. The highest BCUT2D eigenvalue weighted by atomic mass is 79.9. The summed E-state index contributed by atoms with van der Waals surface area (Å²) in [5.41, 5.74) is 3.43. The van der Waals surface area contributed by atoms with E-state index in [1.807, 2.05) is 50.2 Å². The molecule has 0 saturated carbocycles. The summed E-state index contributed by atoms with van der Waals surface area (Å²) in [5.74, 6) is -0.577. The van der Waals surface area contributed by atoms with Crippen molar-refractivity contribution in [2.24, 2.45) is 0 Å². The first kappa shape index (κ1) is 18.2. The summed E-state index contributed by atoms with van der Waals surface area (Å²) in [6, 6.07) is 12.7. The molecule has 5 heteroatoms. The zero-order valence-electron chi connectivity index (χ0n) is 13.9. The molecule has 0 aromatic heterocycles. The average molecular weight is 390 g/mol. The fourth-order valence-corrected chi connectivity index (χ4v) is 2.88. The van der Waals surface area contributed by atoms with Gasteiger partial charge in [-0.2, -0.15) is 0 Å². The van der Waals surface area contributed by atoms with Crippen molar-refractivity contribution in [3.05, 3.63) is 69.2 Å². The molecule has 1 N–H and O–H groups in total. The topological polar surface area (TPSA) is 55.4 Å². The molecule has 2 rings (SSSR count). The van der Waals surface area contributed by atoms with E-state index in [1.165, 1.54) is 7.11 Å². The van der Waals surface area contributed by atoms with E-state index in [0.717, 1.165) is 21.2 Å². The molecule has 0 bridgehead atoms. The predicted octanol–water partition coefficient (Wildman–Crippen LogP) is 4.10. The number of hydrogen-bond acceptors (Lipinski definition) is 3. The van der Waals surface area contributed by atoms with Crippen LogP contribution in [0.3, 0.4) is 0 Å². The van der Waals surface area contributed by atoms with Crippen LogP contribution in [0, 0.1) is 13.8 Å². The van der Waals surface area contributed by atoms with Gasteiger partial charge in [0.05, 0.1) is 19.6 Å². The van der Waals surface area contributed by atoms with E-state index in [2.05, 4.69) is 21.2 Å². The third-order valence-corrected chi connectivity index (χ3v) is 4.50. The Kier molecular flexibility index (Phi) is 6.15. The van der Waals surface area contributed by atoms with Crippen LogP contribution in [0.2, 0.25) is 0 Å². The van der Waals surface area contributed by atoms with Gasteiger partial charge < -0.3 is 10.1 Å². The van der Waals surface area contributed by atoms with Crippen LogP contribution in [0.1, 0.15) is 39.5 Å². The Hall–Kier alpha value is -2.14. The van der Waals surface area contributed by atoms with Crippen molar-refractivity contribution < 1.29 is 14.3 Å². The van der Waals surface area contributed by atoms with Gasteiger partial charge in [-0.1, -0.05) is 40.2 Å². The Morgan fingerprint density at radius 3 is 2.54 bits per heavy atom. The van der Waals surface area contributed by atoms with Crippen molar-refractivity contribution in [2.45, 2.75) is 26.3 Å². The Balaban J connectivity index is 2.29. The van der Waals surface area contributed by atoms with Gasteiger partial charge >= 0.3 is 5.97 Å². The Morgan fingerprint density at radius 2 is 1.88 bits per heavy atom. The fourth-order valence-electron chi connectivity index (χ4n) is 2.46. The minimum Gasteiger partial charge on any atom is -0.469 e. The minimum absolute atomic E-state index is 0.0730. The molecule has 0 saturated heterocycles. The number of halogens is 1. The first-order chi connectivity index (χ1) is 11.4. The van der Waals surface area contributed by atoms with Crippen LogP contribution in [0.15, 0.2) is 46.9 Å². The third kappa shape index (κ3) is 4.45. The van der Waals surface area contributed by atoms with Crippen LogP contribution < -0.4 is 5.32 Å². The molecule has 1 amide bonds. The summed E-state index contributed by atoms with van der Waals surface area (Å²) in [4.78, 5) is 24.4. The molecule has 0 aliphatic carbocycles. The monoisotopic (exact) mass is 389 g/mol. The molecule has 0 heterocycles. The second kappa shape index (κ2) is 8.11. The summed E-state index contributed by atoms with van der Waals surface area (Å²) in [6.45, 7) is 3.88. The molecule has 2 aromatic carbocycles. The maximum absolute atomic E-state index is 12.7. The van der Waals surface area contributed by atoms with Crippen LogP contribution in [0.25, 0.3) is 0 Å². The number of rotatable bonds is 5. The van der Waals surface area contributed by atoms with Gasteiger partial charge in [-0.3, -0.25) is 9.59 Å². The number of esters is 1. The number of hydrogen-bond donors (Lipinski definition) is 1. The van der Waals surface area contributed by atoms with Crippen LogP contribution in [-0.2, 0) is 9.53 Å². The van der Waals surface area contributed by atoms with E-state index < -0.39 is 6.04 Å². The van der Waals surface area contributed by atoms with Gasteiger partial charge in [0.15, 0.2) is 0 Å². The Morgan fingerprint density at radius 1 is 1.17 bits per heavy atom. The summed E-state index contributed by atoms with van der Waals surface area (Å²) in [7, 11) is 1.34. The van der Waals surface area contributed by atoms with E-state index >= 15 is 0 Å². The number of carbonyl (C=O) groups excluding carboxylic acids is 2. The van der Waals surface area contributed by atoms with E-state index in [4.69, 9.17) is 4.74 Å². The summed E-state index contributed by atoms with van der Waals surface area (Å²) in [5, 5.41) is 2.95. The van der Waals surface area contributed by atoms with E-state index in [9.17, 15) is 9.59 Å². The van der Waals surface area contributed by atoms with Gasteiger partial charge in [0.2, 0.25) is 0 Å². The van der Waals surface area contributed by atoms with Crippen LogP contribution >= 0.6 is 15.9 Å². The van der Waals surface area contributed by atoms with Gasteiger partial charge in [-0.25, -0.2) is 0 Å². The van der Waals surface area contributed by atoms with Gasteiger partial charge in [0, 0.05) is 10.0 Å². The molecule has 1 atom stereocenters. The standard InChI is InChI=1S/C19H20BrNO3/c1-12-6-4-9-16(13(12)2)19(23)21-17(11-18(22)24-3)14-7-5-8-15(20)10-14/h4-10,17H,11H2,1-3H3,(H,21,23). The van der Waals surface area contributed by atoms with E-state index in [-0.39, 0.29) is 18.3 Å². The normalized spacial score (nSPS) is 11.7. The van der Waals surface area contributed by atoms with Gasteiger partial charge in [-0.05, 0) is 48.7 Å². The smallest absolute Gasteiger partial charge is 0.307 e. The van der Waals surface area contributed by atoms with Crippen LogP contribution in [-0.4, -0.2) is 19.0 Å². The molecule has 0 spiro atoms. The summed E-state index contributed by atoms with van der Waals surface area (Å²) in [6.07, 6.45) is 0.0730. The number of methoxy groups -OCH3 is 1. The summed E-state index contributed by atoms with van der Waals surface area (Å²) < 4.78 is 5.65. The summed E-state index contributed by atoms with van der Waals surface area (Å²) >= 11 is 3.42. The molecule has 0 fully saturated rings. The van der Waals surface area contributed by atoms with Gasteiger partial charge in [0.1, 0.15) is 0 Å². The Labute approximate surface area is 150 Å². The van der Waals surface area contributed by atoms with E-state index in [0.29, 0.717) is 5.56 Å². The van der Waals surface area contributed by atoms with Crippen LogP contribution in [0.4, 0.5) is 0 Å². The van der Waals surface area contributed by atoms with Crippen LogP contribution in [0.5, 0.6) is 0 Å². The van der Waals surface area contributed by atoms with Crippen molar-refractivity contribution in [3.8, 4) is 0 Å². The lowest BCUT2D eigenvalue weighted by molar-refractivity contribution is -0.141. The number of carbonyl (C=O) groups is 2. The van der Waals surface area contributed by atoms with Gasteiger partial charge in [-0.15, -0.1) is 0 Å². The SMILES string of the molecule is COC(=O)CC(NC(=O)c1cccc(C)c1C)c1cccc(Br)c1. The minimum atomic E-state index is -0.456. The highest BCUT2D eigenvalue weighted by Crippen LogP contribution is 2.22. The predicted molar refractivity (Wildman–Crippen MR) is 96.9 cm³/mol. The molecule has 24 heavy (non-hydrogen) atoms. The lowest BCUT2D eigenvalue weighted by Gasteiger charge is -2.19. The highest BCUT2D eigenvalue weighted by Gasteiger charge is 2.21. The number of amides is 1. The average Bonchev–Trinajstić information content (AvgIpc) is 2.56. The molecule has 0 aliphatic heterocycles. The molecule has 4 nitrogen and oxygen atoms in total. The zero-order valence-corrected chi connectivity index (χ0v) is 15.5. The highest BCUT2D eigenvalue weighted by molar-refractivity contribution is 9.10. The molecule has 0 radical (unpaired) electrons. The largest absolute Gasteiger partial charge is 0.469 e. The lowest BCUT2D eigenvalue weighted by atomic mass is 10.0. The number of nitrogens with one attached hydrogen (secondary N) is 1. The van der Waals surface area contributed by atoms with Crippen molar-refractivity contribution in [3.63, 3.8) is 0 Å². The third-order valence-electron chi connectivity index (χ3n) is 4.00. The second-order valence-corrected chi connectivity index (χ2v) is 6.52. The van der Waals surface area contributed by atoms with Crippen molar-refractivity contribution in [1.29, 1.82) is 0 Å². The Bertz CT molecular complexity index is 758. The quantitative estimate of drug-likeness (QED) is 0.783. The van der Waals surface area contributed by atoms with E-state index in [1.54, 1.807) is 6.07 Å². The number of ether oxygens (including phenoxy) is 1. The number of aryl methyl sites for hydroxylation is 1. The first-order valence-corrected chi connectivity index (χ1v) is 8.41. The lowest BCUT2D eigenvalue weighted by Crippen LogP contribution is -2.31. The molecular formula is C19H20BrNO3. The molecule has 1 unspecified atom stereocenters. The van der Waals surface area contributed by atoms with Crippen molar-refractivity contribution >= 4 is 27.8 Å². The maximum Gasteiger partial charge on any atom is 0.307 e. The zero-order chi connectivity index (χ0) is 17.7.